The highest BCUT2D eigenvalue weighted by atomic mass is 32.2. The van der Waals surface area contributed by atoms with Crippen molar-refractivity contribution in [1.29, 1.82) is 0 Å². The van der Waals surface area contributed by atoms with Crippen molar-refractivity contribution in [3.63, 3.8) is 0 Å². The van der Waals surface area contributed by atoms with E-state index in [0.29, 0.717) is 5.92 Å². The molecule has 3 fully saturated rings. The van der Waals surface area contributed by atoms with Crippen molar-refractivity contribution >= 4 is 15.9 Å². The van der Waals surface area contributed by atoms with Gasteiger partial charge < -0.3 is 4.90 Å². The number of pyridine rings is 1. The highest BCUT2D eigenvalue weighted by molar-refractivity contribution is 7.88. The number of nitrogens with zero attached hydrogens (tertiary/aromatic N) is 3. The molecule has 1 N–H and O–H groups in total. The van der Waals surface area contributed by atoms with Crippen LogP contribution in [0.5, 0.6) is 0 Å². The van der Waals surface area contributed by atoms with Gasteiger partial charge in [-0.1, -0.05) is 0 Å². The normalized spacial score (nSPS) is 24.3. The van der Waals surface area contributed by atoms with Crippen LogP contribution in [-0.2, 0) is 21.4 Å². The van der Waals surface area contributed by atoms with E-state index in [2.05, 4.69) is 14.6 Å². The van der Waals surface area contributed by atoms with E-state index in [0.717, 1.165) is 45.3 Å². The average molecular weight is 366 g/mol. The smallest absolute Gasteiger partial charge is 0.224 e. The van der Waals surface area contributed by atoms with Gasteiger partial charge in [0, 0.05) is 57.6 Å². The molecule has 0 radical (unpaired) electrons. The van der Waals surface area contributed by atoms with Crippen LogP contribution in [0.2, 0.25) is 0 Å². The Hall–Kier alpha value is -1.51. The molecule has 4 rings (SSSR count). The van der Waals surface area contributed by atoms with Crippen molar-refractivity contribution in [1.82, 2.24) is 19.5 Å². The molecule has 0 spiro atoms. The number of carbonyl (C=O) groups is 1. The monoisotopic (exact) mass is 366 g/mol. The molecule has 3 aliphatic rings. The fourth-order valence-corrected chi connectivity index (χ4v) is 4.32. The Kier molecular flexibility index (Phi) is 5.71. The number of piperidine rings is 1. The number of rotatable bonds is 6. The molecular weight excluding hydrogens is 340 g/mol. The first-order valence-corrected chi connectivity index (χ1v) is 10.7. The number of aromatic nitrogens is 1. The minimum absolute atomic E-state index is 0.0524. The minimum Gasteiger partial charge on any atom is -0.338 e. The molecule has 2 atom stereocenters. The van der Waals surface area contributed by atoms with Gasteiger partial charge in [0.15, 0.2) is 0 Å². The SMILES string of the molecule is CS(=O)(=O)NCCC(=O)N1C[C@H]2CC[C@@H]1CN(Cc1ccncc1)C2. The van der Waals surface area contributed by atoms with Crippen molar-refractivity contribution < 1.29 is 13.2 Å². The van der Waals surface area contributed by atoms with E-state index >= 15 is 0 Å². The highest BCUT2D eigenvalue weighted by Gasteiger charge is 2.36. The molecular formula is C17H26N4O3S. The first-order valence-electron chi connectivity index (χ1n) is 8.76. The molecule has 1 aromatic heterocycles. The Morgan fingerprint density at radius 3 is 2.72 bits per heavy atom. The van der Waals surface area contributed by atoms with Crippen LogP contribution in [0.25, 0.3) is 0 Å². The van der Waals surface area contributed by atoms with Crippen molar-refractivity contribution in [3.05, 3.63) is 30.1 Å². The zero-order valence-electron chi connectivity index (χ0n) is 14.6. The van der Waals surface area contributed by atoms with Crippen molar-refractivity contribution in [2.45, 2.75) is 31.8 Å². The molecule has 3 aliphatic heterocycles. The van der Waals surface area contributed by atoms with E-state index in [1.807, 2.05) is 29.4 Å². The van der Waals surface area contributed by atoms with E-state index in [9.17, 15) is 13.2 Å². The number of nitrogens with one attached hydrogen (secondary N) is 1. The van der Waals surface area contributed by atoms with Crippen LogP contribution >= 0.6 is 0 Å². The third kappa shape index (κ3) is 5.23. The quantitative estimate of drug-likeness (QED) is 0.790. The molecule has 8 heteroatoms. The van der Waals surface area contributed by atoms with Crippen molar-refractivity contribution in [2.75, 3.05) is 32.4 Å². The summed E-state index contributed by atoms with van der Waals surface area (Å²) >= 11 is 0. The first-order chi connectivity index (χ1) is 11.9. The molecule has 0 aliphatic carbocycles. The predicted molar refractivity (Wildman–Crippen MR) is 95.2 cm³/mol. The molecule has 0 aromatic carbocycles. The Morgan fingerprint density at radius 1 is 1.24 bits per heavy atom. The van der Waals surface area contributed by atoms with E-state index in [-0.39, 0.29) is 24.9 Å². The second kappa shape index (κ2) is 7.80. The van der Waals surface area contributed by atoms with Gasteiger partial charge in [-0.05, 0) is 36.5 Å². The topological polar surface area (TPSA) is 82.6 Å². The largest absolute Gasteiger partial charge is 0.338 e. The molecule has 0 unspecified atom stereocenters. The fraction of sp³-hybridized carbons (Fsp3) is 0.647. The van der Waals surface area contributed by atoms with Crippen LogP contribution in [0, 0.1) is 5.92 Å². The number of hydrogen-bond acceptors (Lipinski definition) is 5. The van der Waals surface area contributed by atoms with Crippen LogP contribution in [0.4, 0.5) is 0 Å². The van der Waals surface area contributed by atoms with Crippen LogP contribution in [0.1, 0.15) is 24.8 Å². The lowest BCUT2D eigenvalue weighted by Gasteiger charge is -2.36. The maximum absolute atomic E-state index is 12.6. The summed E-state index contributed by atoms with van der Waals surface area (Å²) in [6.45, 7) is 3.73. The van der Waals surface area contributed by atoms with Gasteiger partial charge >= 0.3 is 0 Å². The summed E-state index contributed by atoms with van der Waals surface area (Å²) in [6, 6.07) is 4.30. The molecule has 3 saturated heterocycles. The molecule has 0 saturated carbocycles. The van der Waals surface area contributed by atoms with E-state index < -0.39 is 10.0 Å². The summed E-state index contributed by atoms with van der Waals surface area (Å²) < 4.78 is 24.7. The van der Waals surface area contributed by atoms with Crippen LogP contribution < -0.4 is 4.72 Å². The lowest BCUT2D eigenvalue weighted by atomic mass is 9.95. The first kappa shape index (κ1) is 18.3. The van der Waals surface area contributed by atoms with E-state index in [1.54, 1.807) is 0 Å². The molecule has 138 valence electrons. The Labute approximate surface area is 149 Å². The van der Waals surface area contributed by atoms with Gasteiger partial charge in [-0.2, -0.15) is 0 Å². The van der Waals surface area contributed by atoms with Gasteiger partial charge in [0.05, 0.1) is 6.26 Å². The molecule has 25 heavy (non-hydrogen) atoms. The summed E-state index contributed by atoms with van der Waals surface area (Å²) in [5, 5.41) is 0. The number of carbonyl (C=O) groups excluding carboxylic acids is 1. The van der Waals surface area contributed by atoms with Gasteiger partial charge in [-0.25, -0.2) is 13.1 Å². The summed E-state index contributed by atoms with van der Waals surface area (Å²) in [7, 11) is -3.25. The lowest BCUT2D eigenvalue weighted by molar-refractivity contribution is -0.135. The number of sulfonamides is 1. The highest BCUT2D eigenvalue weighted by Crippen LogP contribution is 2.29. The Balaban J connectivity index is 1.58. The summed E-state index contributed by atoms with van der Waals surface area (Å²) in [4.78, 5) is 21.0. The number of amides is 1. The molecule has 1 amide bonds. The zero-order valence-corrected chi connectivity index (χ0v) is 15.4. The predicted octanol–water partition coefficient (Wildman–Crippen LogP) is 0.444. The van der Waals surface area contributed by atoms with Gasteiger partial charge in [-0.15, -0.1) is 0 Å². The van der Waals surface area contributed by atoms with E-state index in [1.165, 1.54) is 5.56 Å². The van der Waals surface area contributed by atoms with Gasteiger partial charge in [0.2, 0.25) is 15.9 Å². The summed E-state index contributed by atoms with van der Waals surface area (Å²) in [5.74, 6) is 0.545. The summed E-state index contributed by atoms with van der Waals surface area (Å²) in [5.41, 5.74) is 1.24. The summed E-state index contributed by atoms with van der Waals surface area (Å²) in [6.07, 6.45) is 7.15. The number of fused-ring (bicyclic) bond motifs is 4. The molecule has 7 nitrogen and oxygen atoms in total. The van der Waals surface area contributed by atoms with Gasteiger partial charge in [-0.3, -0.25) is 14.7 Å². The average Bonchev–Trinajstić information content (AvgIpc) is 2.85. The second-order valence-corrected chi connectivity index (χ2v) is 8.94. The van der Waals surface area contributed by atoms with Crippen LogP contribution in [0.3, 0.4) is 0 Å². The van der Waals surface area contributed by atoms with Gasteiger partial charge in [0.1, 0.15) is 0 Å². The maximum Gasteiger partial charge on any atom is 0.224 e. The fourth-order valence-electron chi connectivity index (χ4n) is 3.85. The molecule has 2 bridgehead atoms. The second-order valence-electron chi connectivity index (χ2n) is 7.11. The third-order valence-electron chi connectivity index (χ3n) is 4.97. The van der Waals surface area contributed by atoms with Crippen molar-refractivity contribution in [3.8, 4) is 0 Å². The lowest BCUT2D eigenvalue weighted by Crippen LogP contribution is -2.48. The van der Waals surface area contributed by atoms with Crippen LogP contribution in [0.15, 0.2) is 24.5 Å². The zero-order chi connectivity index (χ0) is 17.9. The number of hydrogen-bond donors (Lipinski definition) is 1. The Bertz CT molecular complexity index is 695. The standard InChI is InChI=1S/C17H26N4O3S/c1-25(23,24)19-9-6-17(22)21-12-15-2-3-16(21)13-20(11-15)10-14-4-7-18-8-5-14/h4-5,7-8,15-16,19H,2-3,6,9-13H2,1H3/t15-,16+/m0/s1. The Morgan fingerprint density at radius 2 is 2.00 bits per heavy atom. The minimum atomic E-state index is -3.25. The van der Waals surface area contributed by atoms with Crippen LogP contribution in [-0.4, -0.2) is 67.6 Å². The maximum atomic E-state index is 12.6. The third-order valence-corrected chi connectivity index (χ3v) is 5.70. The van der Waals surface area contributed by atoms with Crippen molar-refractivity contribution in [2.24, 2.45) is 5.92 Å². The van der Waals surface area contributed by atoms with E-state index in [4.69, 9.17) is 0 Å². The molecule has 1 aromatic rings. The van der Waals surface area contributed by atoms with Gasteiger partial charge in [0.25, 0.3) is 0 Å². The molecule has 4 heterocycles.